The van der Waals surface area contributed by atoms with E-state index in [-0.39, 0.29) is 30.7 Å². The van der Waals surface area contributed by atoms with Gasteiger partial charge in [0.2, 0.25) is 0 Å². The van der Waals surface area contributed by atoms with E-state index in [4.69, 9.17) is 14.2 Å². The van der Waals surface area contributed by atoms with Crippen molar-refractivity contribution < 1.29 is 28.9 Å². The van der Waals surface area contributed by atoms with Crippen LogP contribution >= 0.6 is 0 Å². The van der Waals surface area contributed by atoms with Gasteiger partial charge in [0.1, 0.15) is 18.5 Å². The van der Waals surface area contributed by atoms with Crippen LogP contribution in [0.2, 0.25) is 0 Å². The number of ketones is 1. The second-order valence-electron chi connectivity index (χ2n) is 8.32. The van der Waals surface area contributed by atoms with E-state index in [0.717, 1.165) is 16.7 Å². The van der Waals surface area contributed by atoms with Gasteiger partial charge in [-0.1, -0.05) is 72.8 Å². The molecule has 3 aromatic carbocycles. The van der Waals surface area contributed by atoms with Gasteiger partial charge in [0.25, 0.3) is 0 Å². The summed E-state index contributed by atoms with van der Waals surface area (Å²) in [5.41, 5.74) is 4.18. The summed E-state index contributed by atoms with van der Waals surface area (Å²) in [5.74, 6) is -0.165. The molecule has 0 saturated carbocycles. The molecule has 2 unspecified atom stereocenters. The first-order valence-electron chi connectivity index (χ1n) is 11.6. The lowest BCUT2D eigenvalue weighted by atomic mass is 9.84. The van der Waals surface area contributed by atoms with Crippen LogP contribution in [0.25, 0.3) is 11.1 Å². The van der Waals surface area contributed by atoms with Crippen LogP contribution in [0.4, 0.5) is 4.79 Å². The number of carbonyl (C=O) groups is 2. The van der Waals surface area contributed by atoms with Gasteiger partial charge in [-0.2, -0.15) is 0 Å². The van der Waals surface area contributed by atoms with E-state index < -0.39 is 18.4 Å². The van der Waals surface area contributed by atoms with Gasteiger partial charge in [0.05, 0.1) is 12.7 Å². The molecule has 0 bridgehead atoms. The van der Waals surface area contributed by atoms with Gasteiger partial charge >= 0.3 is 6.16 Å². The van der Waals surface area contributed by atoms with Crippen molar-refractivity contribution in [2.75, 3.05) is 13.2 Å². The van der Waals surface area contributed by atoms with Gasteiger partial charge in [-0.15, -0.1) is 0 Å². The SMILES string of the molecule is CCOC(=O)OCC1C=C[C@H](c2cc(-c3ccccc3)ccc2O)C(c2ccc(C(C)=O)cc2)O1. The molecule has 180 valence electrons. The lowest BCUT2D eigenvalue weighted by molar-refractivity contribution is -0.0449. The number of phenols is 1. The number of rotatable bonds is 7. The first-order valence-corrected chi connectivity index (χ1v) is 11.6. The Kier molecular flexibility index (Phi) is 7.63. The summed E-state index contributed by atoms with van der Waals surface area (Å²) in [6.45, 7) is 3.46. The minimum atomic E-state index is -0.748. The normalized spacial score (nSPS) is 19.2. The van der Waals surface area contributed by atoms with E-state index >= 15 is 0 Å². The Morgan fingerprint density at radius 1 is 0.914 bits per heavy atom. The van der Waals surface area contributed by atoms with Crippen molar-refractivity contribution in [3.05, 3.63) is 102 Å². The molecule has 0 saturated heterocycles. The third-order valence-electron chi connectivity index (χ3n) is 5.95. The van der Waals surface area contributed by atoms with E-state index in [9.17, 15) is 14.7 Å². The monoisotopic (exact) mass is 472 g/mol. The third kappa shape index (κ3) is 5.78. The predicted molar refractivity (Wildman–Crippen MR) is 132 cm³/mol. The van der Waals surface area contributed by atoms with Gasteiger partial charge in [-0.25, -0.2) is 4.79 Å². The Balaban J connectivity index is 1.68. The van der Waals surface area contributed by atoms with E-state index in [1.807, 2.05) is 66.7 Å². The fraction of sp³-hybridized carbons (Fsp3) is 0.241. The summed E-state index contributed by atoms with van der Waals surface area (Å²) in [7, 11) is 0. The second-order valence-corrected chi connectivity index (χ2v) is 8.32. The van der Waals surface area contributed by atoms with Gasteiger partial charge in [0, 0.05) is 17.0 Å². The Bertz CT molecular complexity index is 1200. The number of hydrogen-bond acceptors (Lipinski definition) is 6. The van der Waals surface area contributed by atoms with Crippen molar-refractivity contribution in [2.24, 2.45) is 0 Å². The molecule has 1 aliphatic rings. The highest BCUT2D eigenvalue weighted by atomic mass is 16.7. The zero-order valence-electron chi connectivity index (χ0n) is 19.7. The standard InChI is InChI=1S/C29H28O6/c1-3-33-29(32)34-18-24-14-15-25(28(35-24)22-11-9-20(10-12-22)19(2)30)26-17-23(13-16-27(26)31)21-7-5-4-6-8-21/h4-17,24-25,28,31H,3,18H2,1-2H3/t24?,25-,28?/m1/s1. The average molecular weight is 473 g/mol. The Hall–Kier alpha value is -3.90. The molecular formula is C29H28O6. The van der Waals surface area contributed by atoms with E-state index in [1.165, 1.54) is 6.92 Å². The molecule has 35 heavy (non-hydrogen) atoms. The summed E-state index contributed by atoms with van der Waals surface area (Å²) in [6, 6.07) is 22.7. The molecule has 6 nitrogen and oxygen atoms in total. The molecule has 0 spiro atoms. The molecule has 0 aromatic heterocycles. The first-order chi connectivity index (χ1) is 17.0. The van der Waals surface area contributed by atoms with Crippen LogP contribution in [-0.4, -0.2) is 36.4 Å². The zero-order valence-corrected chi connectivity index (χ0v) is 19.7. The molecule has 4 rings (SSSR count). The lowest BCUT2D eigenvalue weighted by Gasteiger charge is -2.33. The summed E-state index contributed by atoms with van der Waals surface area (Å²) in [4.78, 5) is 23.4. The number of Topliss-reactive ketones (excluding diaryl/α,β-unsaturated/α-hetero) is 1. The molecule has 6 heteroatoms. The lowest BCUT2D eigenvalue weighted by Crippen LogP contribution is -2.29. The summed E-state index contributed by atoms with van der Waals surface area (Å²) >= 11 is 0. The van der Waals surface area contributed by atoms with Gasteiger partial charge in [-0.3, -0.25) is 4.79 Å². The molecule has 3 aromatic rings. The molecule has 1 heterocycles. The number of carbonyl (C=O) groups excluding carboxylic acids is 2. The number of phenolic OH excluding ortho intramolecular Hbond substituents is 1. The van der Waals surface area contributed by atoms with Crippen LogP contribution in [-0.2, 0) is 14.2 Å². The Labute approximate surface area is 204 Å². The minimum absolute atomic E-state index is 0.000119. The average Bonchev–Trinajstić information content (AvgIpc) is 2.88. The maximum atomic E-state index is 11.8. The first kappa shape index (κ1) is 24.2. The summed E-state index contributed by atoms with van der Waals surface area (Å²) in [6.07, 6.45) is 2.08. The Morgan fingerprint density at radius 3 is 2.34 bits per heavy atom. The fourth-order valence-electron chi connectivity index (χ4n) is 4.16. The highest BCUT2D eigenvalue weighted by Gasteiger charge is 2.32. The maximum absolute atomic E-state index is 11.8. The molecule has 0 aliphatic carbocycles. The smallest absolute Gasteiger partial charge is 0.508 e. The second kappa shape index (κ2) is 11.0. The van der Waals surface area contributed by atoms with Crippen LogP contribution in [0.1, 0.15) is 47.4 Å². The number of ether oxygens (including phenoxy) is 3. The highest BCUT2D eigenvalue weighted by Crippen LogP contribution is 2.43. The maximum Gasteiger partial charge on any atom is 0.508 e. The van der Waals surface area contributed by atoms with Crippen LogP contribution < -0.4 is 0 Å². The molecular weight excluding hydrogens is 444 g/mol. The van der Waals surface area contributed by atoms with Gasteiger partial charge in [-0.05, 0) is 42.7 Å². The number of hydrogen-bond donors (Lipinski definition) is 1. The minimum Gasteiger partial charge on any atom is -0.508 e. The summed E-state index contributed by atoms with van der Waals surface area (Å²) < 4.78 is 16.4. The Morgan fingerprint density at radius 2 is 1.66 bits per heavy atom. The quantitative estimate of drug-likeness (QED) is 0.250. The fourth-order valence-corrected chi connectivity index (χ4v) is 4.16. The molecule has 0 radical (unpaired) electrons. The van der Waals surface area contributed by atoms with Crippen molar-refractivity contribution in [1.29, 1.82) is 0 Å². The highest BCUT2D eigenvalue weighted by molar-refractivity contribution is 5.94. The van der Waals surface area contributed by atoms with Crippen LogP contribution in [0, 0.1) is 0 Å². The topological polar surface area (TPSA) is 82.1 Å². The van der Waals surface area contributed by atoms with Crippen molar-refractivity contribution in [1.82, 2.24) is 0 Å². The van der Waals surface area contributed by atoms with Gasteiger partial charge < -0.3 is 19.3 Å². The van der Waals surface area contributed by atoms with Crippen LogP contribution in [0.5, 0.6) is 5.75 Å². The van der Waals surface area contributed by atoms with Crippen molar-refractivity contribution in [3.8, 4) is 16.9 Å². The molecule has 1 N–H and O–H groups in total. The van der Waals surface area contributed by atoms with E-state index in [2.05, 4.69) is 0 Å². The van der Waals surface area contributed by atoms with E-state index in [0.29, 0.717) is 11.1 Å². The zero-order chi connectivity index (χ0) is 24.8. The molecule has 1 aliphatic heterocycles. The van der Waals surface area contributed by atoms with Crippen molar-refractivity contribution in [3.63, 3.8) is 0 Å². The number of benzene rings is 3. The molecule has 0 fully saturated rings. The predicted octanol–water partition coefficient (Wildman–Crippen LogP) is 6.21. The largest absolute Gasteiger partial charge is 0.508 e. The molecule has 3 atom stereocenters. The van der Waals surface area contributed by atoms with Crippen LogP contribution in [0.3, 0.4) is 0 Å². The number of aromatic hydroxyl groups is 1. The van der Waals surface area contributed by atoms with Gasteiger partial charge in [0.15, 0.2) is 5.78 Å². The third-order valence-corrected chi connectivity index (χ3v) is 5.95. The van der Waals surface area contributed by atoms with E-state index in [1.54, 1.807) is 25.1 Å². The van der Waals surface area contributed by atoms with Crippen molar-refractivity contribution >= 4 is 11.9 Å². The van der Waals surface area contributed by atoms with Crippen molar-refractivity contribution in [2.45, 2.75) is 32.0 Å². The molecule has 0 amide bonds. The summed E-state index contributed by atoms with van der Waals surface area (Å²) in [5, 5.41) is 10.8. The van der Waals surface area contributed by atoms with Crippen LogP contribution in [0.15, 0.2) is 84.9 Å².